The van der Waals surface area contributed by atoms with E-state index in [9.17, 15) is 9.59 Å². The Hall–Kier alpha value is -2.99. The normalized spacial score (nSPS) is 13.9. The molecular weight excluding hydrogens is 380 g/mol. The second-order valence-corrected chi connectivity index (χ2v) is 6.85. The first-order chi connectivity index (χ1) is 13.4. The van der Waals surface area contributed by atoms with Crippen molar-refractivity contribution >= 4 is 40.8 Å². The number of amides is 2. The minimum Gasteiger partial charge on any atom is -0.490 e. The van der Waals surface area contributed by atoms with Crippen molar-refractivity contribution in [2.24, 2.45) is 0 Å². The highest BCUT2D eigenvalue weighted by molar-refractivity contribution is 6.36. The molecule has 0 saturated heterocycles. The number of halogens is 1. The maximum absolute atomic E-state index is 12.3. The highest BCUT2D eigenvalue weighted by Gasteiger charge is 2.24. The van der Waals surface area contributed by atoms with E-state index in [1.807, 2.05) is 6.92 Å². The third-order valence-corrected chi connectivity index (χ3v) is 4.43. The van der Waals surface area contributed by atoms with Crippen LogP contribution in [0.5, 0.6) is 11.5 Å². The molecule has 1 N–H and O–H groups in total. The molecule has 146 valence electrons. The number of fused-ring (bicyclic) bond motifs is 1. The van der Waals surface area contributed by atoms with Gasteiger partial charge in [-0.1, -0.05) is 17.7 Å². The Morgan fingerprint density at radius 1 is 1.14 bits per heavy atom. The van der Waals surface area contributed by atoms with E-state index in [0.717, 1.165) is 16.8 Å². The zero-order valence-electron chi connectivity index (χ0n) is 15.9. The van der Waals surface area contributed by atoms with Crippen LogP contribution >= 0.6 is 11.6 Å². The standard InChI is InChI=1S/C21H21ClN2O4/c1-4-27-19-10-13(5-8-18(19)28-12-20(25)24(2)3)9-16-15-11-14(22)6-7-17(15)23-21(16)26/h5-11H,4,12H2,1-3H3,(H,23,26)/b16-9+. The quantitative estimate of drug-likeness (QED) is 0.751. The summed E-state index contributed by atoms with van der Waals surface area (Å²) in [7, 11) is 3.34. The van der Waals surface area contributed by atoms with Gasteiger partial charge in [-0.05, 0) is 48.9 Å². The van der Waals surface area contributed by atoms with Crippen LogP contribution in [-0.4, -0.2) is 44.0 Å². The molecule has 0 aliphatic carbocycles. The van der Waals surface area contributed by atoms with Crippen molar-refractivity contribution < 1.29 is 19.1 Å². The SMILES string of the molecule is CCOc1cc(/C=C2/C(=O)Nc3ccc(Cl)cc32)ccc1OCC(=O)N(C)C. The number of nitrogens with one attached hydrogen (secondary N) is 1. The summed E-state index contributed by atoms with van der Waals surface area (Å²) in [6.07, 6.45) is 1.77. The minimum absolute atomic E-state index is 0.0816. The lowest BCUT2D eigenvalue weighted by atomic mass is 10.0. The van der Waals surface area contributed by atoms with Gasteiger partial charge in [0.1, 0.15) is 0 Å². The maximum atomic E-state index is 12.3. The van der Waals surface area contributed by atoms with Crippen LogP contribution in [0.4, 0.5) is 5.69 Å². The third-order valence-electron chi connectivity index (χ3n) is 4.19. The number of rotatable bonds is 6. The van der Waals surface area contributed by atoms with Crippen molar-refractivity contribution in [3.8, 4) is 11.5 Å². The number of carbonyl (C=O) groups excluding carboxylic acids is 2. The van der Waals surface area contributed by atoms with Gasteiger partial charge in [0.15, 0.2) is 18.1 Å². The molecule has 0 aromatic heterocycles. The molecule has 0 atom stereocenters. The maximum Gasteiger partial charge on any atom is 0.259 e. The van der Waals surface area contributed by atoms with Crippen LogP contribution in [-0.2, 0) is 9.59 Å². The Labute approximate surface area is 168 Å². The van der Waals surface area contributed by atoms with Crippen LogP contribution in [0.1, 0.15) is 18.1 Å². The summed E-state index contributed by atoms with van der Waals surface area (Å²) in [6, 6.07) is 10.6. The van der Waals surface area contributed by atoms with Gasteiger partial charge in [-0.15, -0.1) is 0 Å². The van der Waals surface area contributed by atoms with Crippen LogP contribution in [0.3, 0.4) is 0 Å². The van der Waals surface area contributed by atoms with Crippen molar-refractivity contribution in [3.63, 3.8) is 0 Å². The molecule has 28 heavy (non-hydrogen) atoms. The second kappa shape index (κ2) is 8.35. The molecule has 0 fully saturated rings. The van der Waals surface area contributed by atoms with E-state index in [2.05, 4.69) is 5.32 Å². The van der Waals surface area contributed by atoms with Crippen molar-refractivity contribution in [1.29, 1.82) is 0 Å². The summed E-state index contributed by atoms with van der Waals surface area (Å²) < 4.78 is 11.2. The van der Waals surface area contributed by atoms with E-state index in [4.69, 9.17) is 21.1 Å². The van der Waals surface area contributed by atoms with Gasteiger partial charge in [0.2, 0.25) is 0 Å². The molecule has 1 aliphatic heterocycles. The number of hydrogen-bond acceptors (Lipinski definition) is 4. The average Bonchev–Trinajstić information content (AvgIpc) is 2.96. The molecule has 2 amide bonds. The van der Waals surface area contributed by atoms with Gasteiger partial charge >= 0.3 is 0 Å². The molecule has 1 aliphatic rings. The van der Waals surface area contributed by atoms with Crippen LogP contribution in [0.25, 0.3) is 11.6 Å². The van der Waals surface area contributed by atoms with Crippen LogP contribution in [0.15, 0.2) is 36.4 Å². The summed E-state index contributed by atoms with van der Waals surface area (Å²) in [5.74, 6) is 0.642. The first-order valence-electron chi connectivity index (χ1n) is 8.81. The first-order valence-corrected chi connectivity index (χ1v) is 9.19. The van der Waals surface area contributed by atoms with Gasteiger partial charge in [-0.3, -0.25) is 9.59 Å². The Balaban J connectivity index is 1.90. The minimum atomic E-state index is -0.188. The number of carbonyl (C=O) groups is 2. The van der Waals surface area contributed by atoms with Gasteiger partial charge in [-0.25, -0.2) is 0 Å². The zero-order valence-corrected chi connectivity index (χ0v) is 16.7. The van der Waals surface area contributed by atoms with Gasteiger partial charge in [0, 0.05) is 35.9 Å². The van der Waals surface area contributed by atoms with Crippen LogP contribution in [0, 0.1) is 0 Å². The molecule has 2 aromatic carbocycles. The zero-order chi connectivity index (χ0) is 20.3. The molecular formula is C21H21ClN2O4. The van der Waals surface area contributed by atoms with Crippen molar-refractivity contribution in [2.75, 3.05) is 32.6 Å². The summed E-state index contributed by atoms with van der Waals surface area (Å²) in [5, 5.41) is 3.39. The van der Waals surface area contributed by atoms with Gasteiger partial charge < -0.3 is 19.7 Å². The van der Waals surface area contributed by atoms with Gasteiger partial charge in [0.05, 0.1) is 6.61 Å². The van der Waals surface area contributed by atoms with Crippen LogP contribution < -0.4 is 14.8 Å². The smallest absolute Gasteiger partial charge is 0.259 e. The number of hydrogen-bond donors (Lipinski definition) is 1. The van der Waals surface area contributed by atoms with Crippen molar-refractivity contribution in [2.45, 2.75) is 6.92 Å². The lowest BCUT2D eigenvalue weighted by Gasteiger charge is -2.14. The molecule has 0 spiro atoms. The first kappa shape index (κ1) is 19.8. The van der Waals surface area contributed by atoms with Gasteiger partial charge in [0.25, 0.3) is 11.8 Å². The Bertz CT molecular complexity index is 953. The van der Waals surface area contributed by atoms with E-state index >= 15 is 0 Å². The van der Waals surface area contributed by atoms with E-state index in [1.54, 1.807) is 56.6 Å². The molecule has 0 radical (unpaired) electrons. The average molecular weight is 401 g/mol. The lowest BCUT2D eigenvalue weighted by molar-refractivity contribution is -0.130. The monoisotopic (exact) mass is 400 g/mol. The molecule has 7 heteroatoms. The predicted octanol–water partition coefficient (Wildman–Crippen LogP) is 3.70. The summed E-state index contributed by atoms with van der Waals surface area (Å²) in [6.45, 7) is 2.22. The topological polar surface area (TPSA) is 67.9 Å². The Morgan fingerprint density at radius 2 is 1.93 bits per heavy atom. The second-order valence-electron chi connectivity index (χ2n) is 6.42. The number of anilines is 1. The third kappa shape index (κ3) is 4.28. The number of nitrogens with zero attached hydrogens (tertiary/aromatic N) is 1. The Morgan fingerprint density at radius 3 is 2.64 bits per heavy atom. The molecule has 6 nitrogen and oxygen atoms in total. The van der Waals surface area contributed by atoms with Crippen LogP contribution in [0.2, 0.25) is 5.02 Å². The van der Waals surface area contributed by atoms with E-state index in [0.29, 0.717) is 28.7 Å². The number of likely N-dealkylation sites (N-methyl/N-ethyl adjacent to an activating group) is 1. The summed E-state index contributed by atoms with van der Waals surface area (Å²) in [5.41, 5.74) is 2.78. The highest BCUT2D eigenvalue weighted by Crippen LogP contribution is 2.36. The fraction of sp³-hybridized carbons (Fsp3) is 0.238. The predicted molar refractivity (Wildman–Crippen MR) is 110 cm³/mol. The molecule has 3 rings (SSSR count). The van der Waals surface area contributed by atoms with E-state index in [-0.39, 0.29) is 18.4 Å². The van der Waals surface area contributed by atoms with E-state index < -0.39 is 0 Å². The van der Waals surface area contributed by atoms with Crippen molar-refractivity contribution in [3.05, 3.63) is 52.5 Å². The summed E-state index contributed by atoms with van der Waals surface area (Å²) in [4.78, 5) is 25.6. The molecule has 0 saturated carbocycles. The number of benzene rings is 2. The summed E-state index contributed by atoms with van der Waals surface area (Å²) >= 11 is 6.08. The Kier molecular flexibility index (Phi) is 5.90. The molecule has 0 bridgehead atoms. The molecule has 1 heterocycles. The van der Waals surface area contributed by atoms with Gasteiger partial charge in [-0.2, -0.15) is 0 Å². The lowest BCUT2D eigenvalue weighted by Crippen LogP contribution is -2.27. The number of ether oxygens (including phenoxy) is 2. The van der Waals surface area contributed by atoms with Crippen molar-refractivity contribution in [1.82, 2.24) is 4.90 Å². The van der Waals surface area contributed by atoms with E-state index in [1.165, 1.54) is 4.90 Å². The fourth-order valence-electron chi connectivity index (χ4n) is 2.74. The molecule has 0 unspecified atom stereocenters. The largest absolute Gasteiger partial charge is 0.490 e. The highest BCUT2D eigenvalue weighted by atomic mass is 35.5. The fourth-order valence-corrected chi connectivity index (χ4v) is 2.91. The molecule has 2 aromatic rings.